The van der Waals surface area contributed by atoms with Crippen molar-refractivity contribution in [3.8, 4) is 0 Å². The summed E-state index contributed by atoms with van der Waals surface area (Å²) >= 11 is 0. The van der Waals surface area contributed by atoms with Gasteiger partial charge in [0.05, 0.1) is 0 Å². The Morgan fingerprint density at radius 2 is 1.95 bits per heavy atom. The Balaban J connectivity index is 2.23. The van der Waals surface area contributed by atoms with E-state index in [9.17, 15) is 0 Å². The zero-order chi connectivity index (χ0) is 15.5. The van der Waals surface area contributed by atoms with E-state index in [4.69, 9.17) is 4.43 Å². The molecular formula is C19H28OSi. The van der Waals surface area contributed by atoms with Gasteiger partial charge in [0.2, 0.25) is 0 Å². The molecule has 2 heteroatoms. The molecule has 0 radical (unpaired) electrons. The van der Waals surface area contributed by atoms with Gasteiger partial charge in [-0.2, -0.15) is 0 Å². The fourth-order valence-corrected chi connectivity index (χ4v) is 7.68. The summed E-state index contributed by atoms with van der Waals surface area (Å²) in [6, 6.07) is 1.16. The Bertz CT molecular complexity index is 498. The van der Waals surface area contributed by atoms with Gasteiger partial charge in [-0.1, -0.05) is 58.1 Å². The van der Waals surface area contributed by atoms with Crippen LogP contribution in [0.1, 0.15) is 34.1 Å². The zero-order valence-corrected chi connectivity index (χ0v) is 14.8. The Morgan fingerprint density at radius 3 is 2.52 bits per heavy atom. The first-order valence-corrected chi connectivity index (χ1v) is 10.3. The Kier molecular flexibility index (Phi) is 5.10. The van der Waals surface area contributed by atoms with Gasteiger partial charge in [0.1, 0.15) is 5.76 Å². The molecule has 0 amide bonds. The predicted molar refractivity (Wildman–Crippen MR) is 94.6 cm³/mol. The lowest BCUT2D eigenvalue weighted by atomic mass is 9.99. The molecule has 0 spiro atoms. The summed E-state index contributed by atoms with van der Waals surface area (Å²) < 4.78 is 6.72. The van der Waals surface area contributed by atoms with Gasteiger partial charge in [-0.3, -0.25) is 0 Å². The van der Waals surface area contributed by atoms with Crippen molar-refractivity contribution in [3.63, 3.8) is 0 Å². The smallest absolute Gasteiger partial charge is 0.256 e. The highest BCUT2D eigenvalue weighted by molar-refractivity contribution is 6.76. The average Bonchev–Trinajstić information content (AvgIpc) is 2.84. The number of fused-ring (bicyclic) bond motifs is 1. The lowest BCUT2D eigenvalue weighted by molar-refractivity contribution is 0.397. The molecule has 0 fully saturated rings. The van der Waals surface area contributed by atoms with Crippen LogP contribution < -0.4 is 0 Å². The van der Waals surface area contributed by atoms with Gasteiger partial charge in [-0.25, -0.2) is 0 Å². The molecule has 0 N–H and O–H groups in total. The van der Waals surface area contributed by atoms with Gasteiger partial charge in [0.15, 0.2) is 0 Å². The van der Waals surface area contributed by atoms with E-state index >= 15 is 0 Å². The number of rotatable bonds is 7. The van der Waals surface area contributed by atoms with Crippen molar-refractivity contribution in [2.45, 2.75) is 51.2 Å². The van der Waals surface area contributed by atoms with Crippen molar-refractivity contribution in [1.82, 2.24) is 0 Å². The van der Waals surface area contributed by atoms with Crippen molar-refractivity contribution in [2.75, 3.05) is 0 Å². The first-order chi connectivity index (χ1) is 9.99. The third-order valence-corrected chi connectivity index (χ3v) is 10.4. The molecule has 114 valence electrons. The highest BCUT2D eigenvalue weighted by Crippen LogP contribution is 2.41. The number of allylic oxidation sites excluding steroid dienone is 8. The van der Waals surface area contributed by atoms with Crippen LogP contribution in [0.15, 0.2) is 60.4 Å². The first kappa shape index (κ1) is 16.1. The maximum Gasteiger partial charge on any atom is 0.256 e. The molecule has 1 nitrogen and oxygen atoms in total. The normalized spacial score (nSPS) is 20.6. The number of hydrogen-bond acceptors (Lipinski definition) is 1. The summed E-state index contributed by atoms with van der Waals surface area (Å²) in [5.41, 5.74) is 2.56. The molecule has 0 saturated carbocycles. The summed E-state index contributed by atoms with van der Waals surface area (Å²) in [6.45, 7) is 13.2. The van der Waals surface area contributed by atoms with Crippen molar-refractivity contribution < 1.29 is 4.43 Å². The van der Waals surface area contributed by atoms with Crippen molar-refractivity contribution >= 4 is 8.32 Å². The second kappa shape index (κ2) is 6.65. The highest BCUT2D eigenvalue weighted by atomic mass is 28.4. The molecular weight excluding hydrogens is 272 g/mol. The van der Waals surface area contributed by atoms with E-state index in [1.807, 2.05) is 6.08 Å². The topological polar surface area (TPSA) is 9.23 Å². The van der Waals surface area contributed by atoms with Gasteiger partial charge < -0.3 is 4.43 Å². The molecule has 0 heterocycles. The summed E-state index contributed by atoms with van der Waals surface area (Å²) in [4.78, 5) is 0. The lowest BCUT2D eigenvalue weighted by Crippen LogP contribution is -2.44. The standard InChI is InChI=1S/C19H28OSi/c1-6-7-12-21(15(2)3,16(4)5)20-19-13-17-10-8-9-11-18(17)14-19/h6,8-11,13-17H,1,7,12H2,2-5H3. The van der Waals surface area contributed by atoms with E-state index in [1.54, 1.807) is 0 Å². The van der Waals surface area contributed by atoms with Crippen molar-refractivity contribution in [3.05, 3.63) is 60.4 Å². The van der Waals surface area contributed by atoms with E-state index in [0.717, 1.165) is 18.2 Å². The van der Waals surface area contributed by atoms with Crippen LogP contribution in [-0.2, 0) is 4.43 Å². The van der Waals surface area contributed by atoms with Crippen LogP contribution in [0.2, 0.25) is 17.1 Å². The van der Waals surface area contributed by atoms with Crippen LogP contribution in [-0.4, -0.2) is 8.32 Å². The SMILES string of the molecule is C=CCC[Si](OC1=CC2C=CC=CC2=C1)(C(C)C)C(C)C. The summed E-state index contributed by atoms with van der Waals surface area (Å²) in [5.74, 6) is 1.50. The molecule has 0 saturated heterocycles. The second-order valence-electron chi connectivity index (χ2n) is 6.68. The van der Waals surface area contributed by atoms with Crippen LogP contribution in [0.3, 0.4) is 0 Å². The Hall–Kier alpha value is -1.28. The fourth-order valence-electron chi connectivity index (χ4n) is 3.40. The molecule has 21 heavy (non-hydrogen) atoms. The van der Waals surface area contributed by atoms with E-state index < -0.39 is 8.32 Å². The minimum atomic E-state index is -1.83. The molecule has 0 bridgehead atoms. The van der Waals surface area contributed by atoms with Gasteiger partial charge in [-0.05, 0) is 41.3 Å². The fraction of sp³-hybridized carbons (Fsp3) is 0.474. The second-order valence-corrected chi connectivity index (χ2v) is 11.6. The van der Waals surface area contributed by atoms with Gasteiger partial charge in [0.25, 0.3) is 8.32 Å². The molecule has 2 rings (SSSR count). The minimum absolute atomic E-state index is 0.412. The van der Waals surface area contributed by atoms with Gasteiger partial charge in [0, 0.05) is 5.92 Å². The molecule has 1 unspecified atom stereocenters. The monoisotopic (exact) mass is 300 g/mol. The molecule has 0 aromatic carbocycles. The molecule has 2 aliphatic rings. The number of hydrogen-bond donors (Lipinski definition) is 0. The molecule has 0 aromatic rings. The predicted octanol–water partition coefficient (Wildman–Crippen LogP) is 5.91. The summed E-state index contributed by atoms with van der Waals surface area (Å²) in [5, 5.41) is 0. The lowest BCUT2D eigenvalue weighted by Gasteiger charge is -2.39. The van der Waals surface area contributed by atoms with E-state index in [1.165, 1.54) is 5.57 Å². The quantitative estimate of drug-likeness (QED) is 0.419. The Morgan fingerprint density at radius 1 is 1.24 bits per heavy atom. The molecule has 0 aliphatic heterocycles. The van der Waals surface area contributed by atoms with E-state index in [-0.39, 0.29) is 0 Å². The van der Waals surface area contributed by atoms with E-state index in [2.05, 4.69) is 70.7 Å². The van der Waals surface area contributed by atoms with Gasteiger partial charge in [-0.15, -0.1) is 6.58 Å². The maximum atomic E-state index is 6.72. The molecule has 0 aromatic heterocycles. The van der Waals surface area contributed by atoms with Crippen molar-refractivity contribution in [1.29, 1.82) is 0 Å². The van der Waals surface area contributed by atoms with E-state index in [0.29, 0.717) is 17.0 Å². The average molecular weight is 301 g/mol. The maximum absolute atomic E-state index is 6.72. The largest absolute Gasteiger partial charge is 0.543 e. The zero-order valence-electron chi connectivity index (χ0n) is 13.8. The third kappa shape index (κ3) is 3.32. The van der Waals surface area contributed by atoms with Crippen LogP contribution in [0.4, 0.5) is 0 Å². The summed E-state index contributed by atoms with van der Waals surface area (Å²) in [6.07, 6.45) is 16.2. The first-order valence-electron chi connectivity index (χ1n) is 8.08. The highest BCUT2D eigenvalue weighted by Gasteiger charge is 2.43. The Labute approximate surface area is 130 Å². The van der Waals surface area contributed by atoms with Crippen LogP contribution >= 0.6 is 0 Å². The van der Waals surface area contributed by atoms with Crippen LogP contribution in [0.25, 0.3) is 0 Å². The summed E-state index contributed by atoms with van der Waals surface area (Å²) in [7, 11) is -1.83. The van der Waals surface area contributed by atoms with Gasteiger partial charge >= 0.3 is 0 Å². The van der Waals surface area contributed by atoms with Crippen LogP contribution in [0, 0.1) is 5.92 Å². The molecule has 2 aliphatic carbocycles. The minimum Gasteiger partial charge on any atom is -0.543 e. The van der Waals surface area contributed by atoms with Crippen LogP contribution in [0.5, 0.6) is 0 Å². The van der Waals surface area contributed by atoms with Crippen molar-refractivity contribution in [2.24, 2.45) is 5.92 Å². The molecule has 1 atom stereocenters. The third-order valence-electron chi connectivity index (χ3n) is 4.76.